The summed E-state index contributed by atoms with van der Waals surface area (Å²) in [6.45, 7) is 1.82. The smallest absolute Gasteiger partial charge is 0.296 e. The summed E-state index contributed by atoms with van der Waals surface area (Å²) in [7, 11) is 1.52. The van der Waals surface area contributed by atoms with Crippen molar-refractivity contribution in [2.75, 3.05) is 12.4 Å². The number of nitrogens with zero attached hydrogens (tertiary/aromatic N) is 4. The monoisotopic (exact) mass is 447 g/mol. The molecule has 0 spiro atoms. The maximum atomic E-state index is 13.0. The molecule has 2 atom stereocenters. The molecule has 0 radical (unpaired) electrons. The maximum absolute atomic E-state index is 13.0. The largest absolute Gasteiger partial charge is 0.494 e. The highest BCUT2D eigenvalue weighted by atomic mass is 35.5. The number of nitrogens with one attached hydrogen (secondary N) is 1. The second kappa shape index (κ2) is 8.50. The van der Waals surface area contributed by atoms with Crippen molar-refractivity contribution in [3.8, 4) is 22.1 Å². The number of anilines is 1. The molecule has 1 fully saturated rings. The molecule has 3 aromatic rings. The minimum absolute atomic E-state index is 0.273. The number of aliphatic hydroxyl groups excluding tert-OH is 1. The zero-order chi connectivity index (χ0) is 21.3. The summed E-state index contributed by atoms with van der Waals surface area (Å²) in [6.07, 6.45) is 3.68. The van der Waals surface area contributed by atoms with Gasteiger partial charge in [-0.05, 0) is 43.2 Å². The quantitative estimate of drug-likeness (QED) is 0.553. The lowest BCUT2D eigenvalue weighted by atomic mass is 9.92. The molecule has 1 saturated carbocycles. The number of halogens is 1. The van der Waals surface area contributed by atoms with Crippen LogP contribution < -0.4 is 14.8 Å². The van der Waals surface area contributed by atoms with Crippen molar-refractivity contribution < 1.29 is 19.4 Å². The molecule has 3 aromatic heterocycles. The second-order valence-electron chi connectivity index (χ2n) is 6.71. The van der Waals surface area contributed by atoms with Crippen molar-refractivity contribution in [3.05, 3.63) is 40.9 Å². The summed E-state index contributed by atoms with van der Waals surface area (Å²) in [5.41, 5.74) is 2.25. The van der Waals surface area contributed by atoms with Gasteiger partial charge in [-0.3, -0.25) is 15.1 Å². The first-order chi connectivity index (χ1) is 14.4. The average Bonchev–Trinajstić information content (AvgIpc) is 3.17. The van der Waals surface area contributed by atoms with Gasteiger partial charge in [-0.25, -0.2) is 4.98 Å². The third-order valence-electron chi connectivity index (χ3n) is 4.68. The Balaban J connectivity index is 1.59. The zero-order valence-electron chi connectivity index (χ0n) is 16.1. The van der Waals surface area contributed by atoms with Gasteiger partial charge in [0.1, 0.15) is 17.0 Å². The van der Waals surface area contributed by atoms with Gasteiger partial charge in [-0.1, -0.05) is 16.7 Å². The summed E-state index contributed by atoms with van der Waals surface area (Å²) in [5.74, 6) is 0.0589. The van der Waals surface area contributed by atoms with Crippen LogP contribution in [0.3, 0.4) is 0 Å². The van der Waals surface area contributed by atoms with E-state index in [2.05, 4.69) is 25.5 Å². The lowest BCUT2D eigenvalue weighted by molar-refractivity contribution is -0.0365. The summed E-state index contributed by atoms with van der Waals surface area (Å²) in [5, 5.41) is 21.0. The van der Waals surface area contributed by atoms with Crippen LogP contribution in [-0.4, -0.2) is 50.5 Å². The van der Waals surface area contributed by atoms with E-state index in [1.807, 2.05) is 6.92 Å². The number of amides is 1. The third-order valence-corrected chi connectivity index (χ3v) is 5.62. The number of pyridine rings is 2. The molecule has 1 aliphatic rings. The number of aliphatic hydroxyl groups is 1. The van der Waals surface area contributed by atoms with E-state index in [-0.39, 0.29) is 16.4 Å². The van der Waals surface area contributed by atoms with Crippen LogP contribution >= 0.6 is 22.9 Å². The van der Waals surface area contributed by atoms with Gasteiger partial charge < -0.3 is 14.6 Å². The first-order valence-corrected chi connectivity index (χ1v) is 10.3. The first-order valence-electron chi connectivity index (χ1n) is 9.10. The molecule has 1 amide bonds. The Bertz CT molecular complexity index is 1090. The van der Waals surface area contributed by atoms with Crippen LogP contribution in [0.5, 0.6) is 10.9 Å². The molecular formula is C19H18ClN5O4S. The Kier molecular flexibility index (Phi) is 5.80. The van der Waals surface area contributed by atoms with E-state index in [9.17, 15) is 9.90 Å². The Morgan fingerprint density at radius 2 is 2.07 bits per heavy atom. The van der Waals surface area contributed by atoms with E-state index in [1.165, 1.54) is 19.5 Å². The highest BCUT2D eigenvalue weighted by Crippen LogP contribution is 2.35. The number of ether oxygens (including phenoxy) is 2. The van der Waals surface area contributed by atoms with Crippen LogP contribution in [0.25, 0.3) is 11.1 Å². The number of carbonyl (C=O) groups excluding carboxylic acids is 1. The van der Waals surface area contributed by atoms with Crippen molar-refractivity contribution in [2.24, 2.45) is 0 Å². The van der Waals surface area contributed by atoms with Gasteiger partial charge in [-0.2, -0.15) is 0 Å². The van der Waals surface area contributed by atoms with Gasteiger partial charge in [0.15, 0.2) is 0 Å². The minimum atomic E-state index is -0.490. The fourth-order valence-corrected chi connectivity index (χ4v) is 3.75. The summed E-state index contributed by atoms with van der Waals surface area (Å²) >= 11 is 7.15. The molecule has 9 nitrogen and oxygen atoms in total. The zero-order valence-corrected chi connectivity index (χ0v) is 17.7. The van der Waals surface area contributed by atoms with E-state index >= 15 is 0 Å². The molecule has 156 valence electrons. The highest BCUT2D eigenvalue weighted by Gasteiger charge is 2.31. The molecule has 0 bridgehead atoms. The van der Waals surface area contributed by atoms with E-state index in [0.29, 0.717) is 34.1 Å². The molecule has 0 saturated heterocycles. The molecule has 0 aromatic carbocycles. The van der Waals surface area contributed by atoms with Gasteiger partial charge in [0.25, 0.3) is 11.1 Å². The number of rotatable bonds is 6. The summed E-state index contributed by atoms with van der Waals surface area (Å²) in [4.78, 5) is 21.2. The van der Waals surface area contributed by atoms with Gasteiger partial charge in [-0.15, -0.1) is 5.10 Å². The number of methoxy groups -OCH3 is 1. The van der Waals surface area contributed by atoms with Crippen molar-refractivity contribution in [1.29, 1.82) is 0 Å². The molecule has 2 N–H and O–H groups in total. The maximum Gasteiger partial charge on any atom is 0.296 e. The Morgan fingerprint density at radius 3 is 2.77 bits per heavy atom. The van der Waals surface area contributed by atoms with Gasteiger partial charge >= 0.3 is 0 Å². The SMILES string of the molecule is COc1cnc(Cl)cc1-c1cc(C)ncc1C(=O)Nc1nnc(O[C@H]2CC[C@H]2O)s1. The topological polar surface area (TPSA) is 119 Å². The Labute approximate surface area is 181 Å². The van der Waals surface area contributed by atoms with Crippen molar-refractivity contribution >= 4 is 34.0 Å². The van der Waals surface area contributed by atoms with E-state index in [1.54, 1.807) is 12.1 Å². The van der Waals surface area contributed by atoms with Crippen molar-refractivity contribution in [1.82, 2.24) is 20.2 Å². The molecule has 30 heavy (non-hydrogen) atoms. The number of aryl methyl sites for hydroxylation is 1. The highest BCUT2D eigenvalue weighted by molar-refractivity contribution is 7.17. The molecule has 11 heteroatoms. The van der Waals surface area contributed by atoms with Crippen LogP contribution in [-0.2, 0) is 0 Å². The number of hydrogen-bond acceptors (Lipinski definition) is 9. The van der Waals surface area contributed by atoms with E-state index in [0.717, 1.165) is 23.5 Å². The van der Waals surface area contributed by atoms with Gasteiger partial charge in [0, 0.05) is 23.0 Å². The van der Waals surface area contributed by atoms with Crippen LogP contribution in [0.2, 0.25) is 5.15 Å². The number of hydrogen-bond donors (Lipinski definition) is 2. The normalized spacial score (nSPS) is 17.9. The fourth-order valence-electron chi connectivity index (χ4n) is 2.95. The third kappa shape index (κ3) is 4.20. The van der Waals surface area contributed by atoms with Crippen LogP contribution in [0, 0.1) is 6.92 Å². The molecule has 0 unspecified atom stereocenters. The molecule has 3 heterocycles. The molecular weight excluding hydrogens is 430 g/mol. The molecule has 4 rings (SSSR count). The van der Waals surface area contributed by atoms with Crippen molar-refractivity contribution in [3.63, 3.8) is 0 Å². The van der Waals surface area contributed by atoms with Crippen LogP contribution in [0.4, 0.5) is 5.13 Å². The fraction of sp³-hybridized carbons (Fsp3) is 0.316. The van der Waals surface area contributed by atoms with E-state index in [4.69, 9.17) is 21.1 Å². The summed E-state index contributed by atoms with van der Waals surface area (Å²) in [6, 6.07) is 3.41. The van der Waals surface area contributed by atoms with Gasteiger partial charge in [0.05, 0.1) is 25.0 Å². The van der Waals surface area contributed by atoms with Crippen LogP contribution in [0.15, 0.2) is 24.5 Å². The average molecular weight is 448 g/mol. The number of carbonyl (C=O) groups is 1. The molecule has 1 aliphatic carbocycles. The van der Waals surface area contributed by atoms with Crippen molar-refractivity contribution in [2.45, 2.75) is 32.0 Å². The predicted molar refractivity (Wildman–Crippen MR) is 111 cm³/mol. The summed E-state index contributed by atoms with van der Waals surface area (Å²) < 4.78 is 11.0. The van der Waals surface area contributed by atoms with E-state index < -0.39 is 12.0 Å². The predicted octanol–water partition coefficient (Wildman–Crippen LogP) is 3.12. The first kappa shape index (κ1) is 20.5. The molecule has 0 aliphatic heterocycles. The standard InChI is InChI=1S/C19H18ClN5O4S/c1-9-5-10(11-6-16(20)22-8-15(11)28-2)12(7-21-9)17(27)23-18-24-25-19(30-18)29-14-4-3-13(14)26/h5-8,13-14,26H,3-4H2,1-2H3,(H,23,24,27)/t13-,14+/m1/s1. The number of aromatic nitrogens is 4. The lowest BCUT2D eigenvalue weighted by Crippen LogP contribution is -2.41. The minimum Gasteiger partial charge on any atom is -0.494 e. The Hall–Kier alpha value is -2.82. The second-order valence-corrected chi connectivity index (χ2v) is 8.03. The van der Waals surface area contributed by atoms with Crippen LogP contribution in [0.1, 0.15) is 28.9 Å². The lowest BCUT2D eigenvalue weighted by Gasteiger charge is -2.31. The Morgan fingerprint density at radius 1 is 1.23 bits per heavy atom. The van der Waals surface area contributed by atoms with Gasteiger partial charge in [0.2, 0.25) is 5.13 Å².